The van der Waals surface area contributed by atoms with Gasteiger partial charge in [0.25, 0.3) is 5.91 Å². The Bertz CT molecular complexity index is 1190. The van der Waals surface area contributed by atoms with Gasteiger partial charge in [0, 0.05) is 26.2 Å². The van der Waals surface area contributed by atoms with Crippen molar-refractivity contribution in [3.63, 3.8) is 0 Å². The zero-order chi connectivity index (χ0) is 24.1. The summed E-state index contributed by atoms with van der Waals surface area (Å²) >= 11 is 6.20. The van der Waals surface area contributed by atoms with Gasteiger partial charge < -0.3 is 4.90 Å². The van der Waals surface area contributed by atoms with Gasteiger partial charge in [0.2, 0.25) is 15.0 Å². The standard InChI is InChI=1S/C25H27ClN4O3S/c1-2-17-34(32,33)25-27-18-21(26)22(28-25)24(31)30-15-13-29(14-16-30)23(19-9-5-3-6-10-19)20-11-7-4-8-12-20/h3-12,18,23H,2,13-17H2,1H3. The van der Waals surface area contributed by atoms with Crippen LogP contribution in [0.25, 0.3) is 0 Å². The summed E-state index contributed by atoms with van der Waals surface area (Å²) in [7, 11) is -3.65. The molecule has 0 unspecified atom stereocenters. The summed E-state index contributed by atoms with van der Waals surface area (Å²) in [6.07, 6.45) is 1.63. The number of amides is 1. The Morgan fingerprint density at radius 3 is 2.06 bits per heavy atom. The predicted molar refractivity (Wildman–Crippen MR) is 132 cm³/mol. The summed E-state index contributed by atoms with van der Waals surface area (Å²) in [6, 6.07) is 20.7. The maximum Gasteiger partial charge on any atom is 0.274 e. The molecule has 4 rings (SSSR count). The highest BCUT2D eigenvalue weighted by atomic mass is 35.5. The van der Waals surface area contributed by atoms with Crippen LogP contribution in [-0.4, -0.2) is 66.0 Å². The van der Waals surface area contributed by atoms with Crippen molar-refractivity contribution in [2.24, 2.45) is 0 Å². The smallest absolute Gasteiger partial charge is 0.274 e. The monoisotopic (exact) mass is 498 g/mol. The summed E-state index contributed by atoms with van der Waals surface area (Å²) in [4.78, 5) is 25.1. The molecule has 0 bridgehead atoms. The number of hydrogen-bond acceptors (Lipinski definition) is 6. The molecule has 1 amide bonds. The molecule has 0 aliphatic carbocycles. The Balaban J connectivity index is 1.53. The molecule has 1 saturated heterocycles. The van der Waals surface area contributed by atoms with Crippen molar-refractivity contribution < 1.29 is 13.2 Å². The van der Waals surface area contributed by atoms with Gasteiger partial charge in [-0.25, -0.2) is 18.4 Å². The second-order valence-corrected chi connectivity index (χ2v) is 10.6. The molecule has 0 atom stereocenters. The number of benzene rings is 2. The molecule has 7 nitrogen and oxygen atoms in total. The number of piperazine rings is 1. The Morgan fingerprint density at radius 2 is 1.53 bits per heavy atom. The number of carbonyl (C=O) groups is 1. The Morgan fingerprint density at radius 1 is 0.971 bits per heavy atom. The van der Waals surface area contributed by atoms with E-state index in [1.54, 1.807) is 11.8 Å². The molecule has 0 spiro atoms. The SMILES string of the molecule is CCCS(=O)(=O)c1ncc(Cl)c(C(=O)N2CCN(C(c3ccccc3)c3ccccc3)CC2)n1. The summed E-state index contributed by atoms with van der Waals surface area (Å²) in [5.41, 5.74) is 2.32. The molecule has 1 aliphatic rings. The van der Waals surface area contributed by atoms with Gasteiger partial charge >= 0.3 is 0 Å². The van der Waals surface area contributed by atoms with E-state index in [4.69, 9.17) is 11.6 Å². The molecule has 0 saturated carbocycles. The second kappa shape index (κ2) is 10.6. The van der Waals surface area contributed by atoms with Crippen molar-refractivity contribution in [2.45, 2.75) is 24.5 Å². The molecule has 0 radical (unpaired) electrons. The van der Waals surface area contributed by atoms with Gasteiger partial charge in [-0.15, -0.1) is 0 Å². The molecule has 9 heteroatoms. The molecular formula is C25H27ClN4O3S. The zero-order valence-electron chi connectivity index (χ0n) is 19.0. The number of carbonyl (C=O) groups excluding carboxylic acids is 1. The van der Waals surface area contributed by atoms with Crippen molar-refractivity contribution >= 4 is 27.3 Å². The Labute approximate surface area is 205 Å². The number of sulfone groups is 1. The van der Waals surface area contributed by atoms with Crippen LogP contribution in [0.3, 0.4) is 0 Å². The molecule has 1 aliphatic heterocycles. The molecule has 1 fully saturated rings. The van der Waals surface area contributed by atoms with Crippen LogP contribution in [0.2, 0.25) is 5.02 Å². The first-order chi connectivity index (χ1) is 16.4. The normalized spacial score (nSPS) is 15.0. The highest BCUT2D eigenvalue weighted by molar-refractivity contribution is 7.91. The van der Waals surface area contributed by atoms with E-state index in [1.165, 1.54) is 17.3 Å². The molecule has 0 N–H and O–H groups in total. The highest BCUT2D eigenvalue weighted by Gasteiger charge is 2.30. The first-order valence-electron chi connectivity index (χ1n) is 11.3. The van der Waals surface area contributed by atoms with Gasteiger partial charge in [-0.1, -0.05) is 79.2 Å². The molecule has 178 valence electrons. The molecule has 2 aromatic carbocycles. The minimum Gasteiger partial charge on any atom is -0.335 e. The maximum atomic E-state index is 13.2. The van der Waals surface area contributed by atoms with Crippen LogP contribution in [0, 0.1) is 0 Å². The summed E-state index contributed by atoms with van der Waals surface area (Å²) in [6.45, 7) is 4.03. The lowest BCUT2D eigenvalue weighted by Crippen LogP contribution is -2.50. The fraction of sp³-hybridized carbons (Fsp3) is 0.320. The van der Waals surface area contributed by atoms with Gasteiger partial charge in [0.05, 0.1) is 23.0 Å². The Kier molecular flexibility index (Phi) is 7.60. The lowest BCUT2D eigenvalue weighted by atomic mass is 9.96. The van der Waals surface area contributed by atoms with Crippen molar-refractivity contribution in [1.29, 1.82) is 0 Å². The lowest BCUT2D eigenvalue weighted by molar-refractivity contribution is 0.0591. The van der Waals surface area contributed by atoms with Gasteiger partial charge in [0.15, 0.2) is 5.69 Å². The van der Waals surface area contributed by atoms with Crippen LogP contribution < -0.4 is 0 Å². The topological polar surface area (TPSA) is 83.5 Å². The van der Waals surface area contributed by atoms with Crippen LogP contribution in [0.5, 0.6) is 0 Å². The Hall–Kier alpha value is -2.81. The molecule has 2 heterocycles. The summed E-state index contributed by atoms with van der Waals surface area (Å²) < 4.78 is 24.8. The van der Waals surface area contributed by atoms with E-state index in [9.17, 15) is 13.2 Å². The van der Waals surface area contributed by atoms with Crippen molar-refractivity contribution in [3.8, 4) is 0 Å². The average molecular weight is 499 g/mol. The highest BCUT2D eigenvalue weighted by Crippen LogP contribution is 2.30. The molecule has 1 aromatic heterocycles. The fourth-order valence-corrected chi connectivity index (χ4v) is 5.56. The van der Waals surface area contributed by atoms with Crippen molar-refractivity contribution in [3.05, 3.63) is 88.7 Å². The van der Waals surface area contributed by atoms with Crippen LogP contribution in [0.15, 0.2) is 72.0 Å². The first-order valence-corrected chi connectivity index (χ1v) is 13.3. The third-order valence-corrected chi connectivity index (χ3v) is 7.85. The maximum absolute atomic E-state index is 13.2. The van der Waals surface area contributed by atoms with Crippen LogP contribution in [0.1, 0.15) is 41.0 Å². The number of aromatic nitrogens is 2. The summed E-state index contributed by atoms with van der Waals surface area (Å²) in [5.74, 6) is -0.461. The minimum absolute atomic E-state index is 0.0503. The summed E-state index contributed by atoms with van der Waals surface area (Å²) in [5, 5.41) is -0.303. The van der Waals surface area contributed by atoms with E-state index in [0.717, 1.165) is 0 Å². The lowest BCUT2D eigenvalue weighted by Gasteiger charge is -2.39. The fourth-order valence-electron chi connectivity index (χ4n) is 4.23. The van der Waals surface area contributed by atoms with E-state index in [0.29, 0.717) is 32.6 Å². The number of halogens is 1. The van der Waals surface area contributed by atoms with Gasteiger partial charge in [0.1, 0.15) is 0 Å². The van der Waals surface area contributed by atoms with Gasteiger partial charge in [-0.05, 0) is 17.5 Å². The number of rotatable bonds is 7. The van der Waals surface area contributed by atoms with Gasteiger partial charge in [-0.2, -0.15) is 0 Å². The first kappa shape index (κ1) is 24.3. The van der Waals surface area contributed by atoms with E-state index < -0.39 is 9.84 Å². The van der Waals surface area contributed by atoms with E-state index in [-0.39, 0.29) is 33.6 Å². The number of hydrogen-bond donors (Lipinski definition) is 0. The molecule has 3 aromatic rings. The van der Waals surface area contributed by atoms with E-state index in [1.807, 2.05) is 36.4 Å². The van der Waals surface area contributed by atoms with E-state index >= 15 is 0 Å². The van der Waals surface area contributed by atoms with Crippen molar-refractivity contribution in [2.75, 3.05) is 31.9 Å². The third-order valence-electron chi connectivity index (χ3n) is 5.87. The zero-order valence-corrected chi connectivity index (χ0v) is 20.5. The van der Waals surface area contributed by atoms with Crippen molar-refractivity contribution in [1.82, 2.24) is 19.8 Å². The molecular weight excluding hydrogens is 472 g/mol. The van der Waals surface area contributed by atoms with E-state index in [2.05, 4.69) is 39.1 Å². The average Bonchev–Trinajstić information content (AvgIpc) is 2.86. The number of nitrogens with zero attached hydrogens (tertiary/aromatic N) is 4. The molecule has 34 heavy (non-hydrogen) atoms. The largest absolute Gasteiger partial charge is 0.335 e. The van der Waals surface area contributed by atoms with Crippen LogP contribution >= 0.6 is 11.6 Å². The quantitative estimate of drug-likeness (QED) is 0.460. The third kappa shape index (κ3) is 5.29. The van der Waals surface area contributed by atoms with Crippen LogP contribution in [-0.2, 0) is 9.84 Å². The second-order valence-electron chi connectivity index (χ2n) is 8.22. The predicted octanol–water partition coefficient (Wildman–Crippen LogP) is 3.86. The van der Waals surface area contributed by atoms with Crippen LogP contribution in [0.4, 0.5) is 0 Å². The van der Waals surface area contributed by atoms with Gasteiger partial charge in [-0.3, -0.25) is 9.69 Å². The minimum atomic E-state index is -3.65.